The fourth-order valence-corrected chi connectivity index (χ4v) is 4.11. The summed E-state index contributed by atoms with van der Waals surface area (Å²) in [5.74, 6) is 0.467. The van der Waals surface area contributed by atoms with Crippen molar-refractivity contribution in [1.29, 1.82) is 0 Å². The highest BCUT2D eigenvalue weighted by Crippen LogP contribution is 2.33. The van der Waals surface area contributed by atoms with Gasteiger partial charge in [-0.25, -0.2) is 19.3 Å². The molecule has 0 aliphatic carbocycles. The number of rotatable bonds is 5. The lowest BCUT2D eigenvalue weighted by molar-refractivity contribution is 0.495. The van der Waals surface area contributed by atoms with Gasteiger partial charge in [0.15, 0.2) is 21.7 Å². The third kappa shape index (κ3) is 3.54. The Morgan fingerprint density at radius 2 is 2.03 bits per heavy atom. The maximum Gasteiger partial charge on any atom is 0.200 e. The number of para-hydroxylation sites is 1. The van der Waals surface area contributed by atoms with Gasteiger partial charge in [0.1, 0.15) is 23.5 Å². The fraction of sp³-hybridized carbons (Fsp3) is 0.130. The molecule has 0 aliphatic heterocycles. The van der Waals surface area contributed by atoms with Crippen LogP contribution in [0.4, 0.5) is 10.2 Å². The van der Waals surface area contributed by atoms with Gasteiger partial charge in [-0.3, -0.25) is 4.79 Å². The van der Waals surface area contributed by atoms with Crippen LogP contribution in [0.3, 0.4) is 0 Å². The summed E-state index contributed by atoms with van der Waals surface area (Å²) in [5.41, 5.74) is 2.13. The van der Waals surface area contributed by atoms with E-state index in [1.54, 1.807) is 36.4 Å². The van der Waals surface area contributed by atoms with E-state index in [4.69, 9.17) is 4.42 Å². The lowest BCUT2D eigenvalue weighted by atomic mass is 9.97. The van der Waals surface area contributed by atoms with Gasteiger partial charge in [-0.15, -0.1) is 0 Å². The van der Waals surface area contributed by atoms with Gasteiger partial charge in [0.2, 0.25) is 5.43 Å². The minimum Gasteiger partial charge on any atom is -0.458 e. The molecule has 3 heterocycles. The first kappa shape index (κ1) is 20.3. The second-order valence-corrected chi connectivity index (χ2v) is 7.98. The van der Waals surface area contributed by atoms with E-state index >= 15 is 0 Å². The number of aromatic nitrogens is 4. The molecule has 0 fully saturated rings. The molecule has 0 unspecified atom stereocenters. The molecule has 0 radical (unpaired) electrons. The van der Waals surface area contributed by atoms with Crippen LogP contribution < -0.4 is 10.7 Å². The Kier molecular flexibility index (Phi) is 5.18. The zero-order chi connectivity index (χ0) is 22.2. The molecule has 0 bridgehead atoms. The van der Waals surface area contributed by atoms with Crippen LogP contribution in [-0.2, 0) is 0 Å². The first-order chi connectivity index (χ1) is 15.5. The monoisotopic (exact) mass is 493 g/mol. The Hall–Kier alpha value is -3.59. The summed E-state index contributed by atoms with van der Waals surface area (Å²) in [6.45, 7) is 1.96. The van der Waals surface area contributed by atoms with Gasteiger partial charge in [0, 0.05) is 0 Å². The second-order valence-electron chi connectivity index (χ2n) is 7.23. The van der Waals surface area contributed by atoms with E-state index in [2.05, 4.69) is 41.2 Å². The molecule has 5 rings (SSSR count). The first-order valence-corrected chi connectivity index (χ1v) is 10.8. The van der Waals surface area contributed by atoms with Crippen molar-refractivity contribution in [2.24, 2.45) is 0 Å². The Labute approximate surface area is 189 Å². The van der Waals surface area contributed by atoms with E-state index in [0.29, 0.717) is 56.0 Å². The molecule has 2 N–H and O–H groups in total. The van der Waals surface area contributed by atoms with Gasteiger partial charge in [-0.05, 0) is 52.2 Å². The Morgan fingerprint density at radius 3 is 2.84 bits per heavy atom. The average molecular weight is 494 g/mol. The molecule has 9 heteroatoms. The molecule has 7 nitrogen and oxygen atoms in total. The van der Waals surface area contributed by atoms with Crippen LogP contribution >= 0.6 is 15.9 Å². The van der Waals surface area contributed by atoms with Gasteiger partial charge in [0.25, 0.3) is 0 Å². The lowest BCUT2D eigenvalue weighted by Crippen LogP contribution is -2.17. The van der Waals surface area contributed by atoms with Crippen LogP contribution in [0.25, 0.3) is 33.3 Å². The summed E-state index contributed by atoms with van der Waals surface area (Å²) in [7, 11) is 0. The summed E-state index contributed by atoms with van der Waals surface area (Å²) >= 11 is 3.32. The third-order valence-electron chi connectivity index (χ3n) is 5.23. The normalized spacial score (nSPS) is 12.3. The SMILES string of the molecule is CC[C@@H](Nc1ncnc2[nH]c(Br)nc12)c1oc2ccccc2c(=O)c1-c1cccc(F)c1. The molecule has 3 aromatic heterocycles. The predicted molar refractivity (Wildman–Crippen MR) is 124 cm³/mol. The Morgan fingerprint density at radius 1 is 1.19 bits per heavy atom. The van der Waals surface area contributed by atoms with Crippen molar-refractivity contribution in [3.05, 3.63) is 81.4 Å². The van der Waals surface area contributed by atoms with E-state index < -0.39 is 11.9 Å². The Bertz CT molecular complexity index is 1510. The minimum atomic E-state index is -0.431. The predicted octanol–water partition coefficient (Wildman–Crippen LogP) is 5.59. The van der Waals surface area contributed by atoms with Crippen molar-refractivity contribution >= 4 is 43.9 Å². The molecule has 5 aromatic rings. The summed E-state index contributed by atoms with van der Waals surface area (Å²) in [6, 6.07) is 12.6. The van der Waals surface area contributed by atoms with Crippen LogP contribution in [0, 0.1) is 5.82 Å². The largest absolute Gasteiger partial charge is 0.458 e. The number of fused-ring (bicyclic) bond motifs is 2. The molecule has 0 aliphatic rings. The van der Waals surface area contributed by atoms with Crippen LogP contribution in [0.2, 0.25) is 0 Å². The number of halogens is 2. The first-order valence-electron chi connectivity index (χ1n) is 9.99. The van der Waals surface area contributed by atoms with E-state index in [9.17, 15) is 9.18 Å². The zero-order valence-electron chi connectivity index (χ0n) is 16.9. The molecule has 0 amide bonds. The number of aromatic amines is 1. The summed E-state index contributed by atoms with van der Waals surface area (Å²) in [6.07, 6.45) is 1.99. The standard InChI is InChI=1S/C23H17BrFN5O2/c1-2-15(28-21-18-22(27-11-26-21)30-23(24)29-18)20-17(12-6-5-7-13(25)10-12)19(31)14-8-3-4-9-16(14)32-20/h3-11,15H,2H2,1H3,(H2,26,27,28,29,30)/t15-/m1/s1. The highest BCUT2D eigenvalue weighted by Gasteiger charge is 2.24. The van der Waals surface area contributed by atoms with Crippen molar-refractivity contribution in [3.63, 3.8) is 0 Å². The molecule has 0 spiro atoms. The maximum absolute atomic E-state index is 14.1. The van der Waals surface area contributed by atoms with Crippen molar-refractivity contribution in [2.45, 2.75) is 19.4 Å². The van der Waals surface area contributed by atoms with Crippen molar-refractivity contribution < 1.29 is 8.81 Å². The van der Waals surface area contributed by atoms with E-state index in [1.165, 1.54) is 18.5 Å². The zero-order valence-corrected chi connectivity index (χ0v) is 18.5. The van der Waals surface area contributed by atoms with E-state index in [0.717, 1.165) is 0 Å². The molecular weight excluding hydrogens is 477 g/mol. The van der Waals surface area contributed by atoms with E-state index in [1.807, 2.05) is 6.92 Å². The number of hydrogen-bond acceptors (Lipinski definition) is 6. The topological polar surface area (TPSA) is 96.7 Å². The molecule has 0 saturated carbocycles. The number of benzene rings is 2. The van der Waals surface area contributed by atoms with E-state index in [-0.39, 0.29) is 5.43 Å². The van der Waals surface area contributed by atoms with Gasteiger partial charge in [0.05, 0.1) is 17.0 Å². The number of nitrogens with zero attached hydrogens (tertiary/aromatic N) is 3. The number of nitrogens with one attached hydrogen (secondary N) is 2. The van der Waals surface area contributed by atoms with Gasteiger partial charge in [-0.1, -0.05) is 31.2 Å². The highest BCUT2D eigenvalue weighted by atomic mass is 79.9. The molecule has 1 atom stereocenters. The minimum absolute atomic E-state index is 0.219. The number of hydrogen-bond donors (Lipinski definition) is 2. The van der Waals surface area contributed by atoms with Crippen molar-refractivity contribution in [3.8, 4) is 11.1 Å². The maximum atomic E-state index is 14.1. The number of anilines is 1. The van der Waals surface area contributed by atoms with Crippen LogP contribution in [-0.4, -0.2) is 19.9 Å². The fourth-order valence-electron chi connectivity index (χ4n) is 3.75. The molecule has 0 saturated heterocycles. The molecular formula is C23H17BrFN5O2. The third-order valence-corrected chi connectivity index (χ3v) is 5.60. The second kappa shape index (κ2) is 8.16. The quantitative estimate of drug-likeness (QED) is 0.309. The summed E-state index contributed by atoms with van der Waals surface area (Å²) in [4.78, 5) is 29.4. The smallest absolute Gasteiger partial charge is 0.200 e. The highest BCUT2D eigenvalue weighted by molar-refractivity contribution is 9.10. The average Bonchev–Trinajstić information content (AvgIpc) is 3.18. The summed E-state index contributed by atoms with van der Waals surface area (Å²) in [5, 5.41) is 3.77. The van der Waals surface area contributed by atoms with Gasteiger partial charge >= 0.3 is 0 Å². The molecule has 2 aromatic carbocycles. The van der Waals surface area contributed by atoms with Gasteiger partial charge < -0.3 is 14.7 Å². The molecule has 32 heavy (non-hydrogen) atoms. The molecule has 160 valence electrons. The number of H-pyrrole nitrogens is 1. The lowest BCUT2D eigenvalue weighted by Gasteiger charge is -2.20. The Balaban J connectivity index is 1.72. The van der Waals surface area contributed by atoms with Crippen LogP contribution in [0.1, 0.15) is 25.1 Å². The van der Waals surface area contributed by atoms with Crippen LogP contribution in [0.15, 0.2) is 68.8 Å². The summed E-state index contributed by atoms with van der Waals surface area (Å²) < 4.78 is 20.8. The van der Waals surface area contributed by atoms with Crippen molar-refractivity contribution in [1.82, 2.24) is 19.9 Å². The van der Waals surface area contributed by atoms with Gasteiger partial charge in [-0.2, -0.15) is 0 Å². The van der Waals surface area contributed by atoms with Crippen molar-refractivity contribution in [2.75, 3.05) is 5.32 Å². The number of imidazole rings is 1. The van der Waals surface area contributed by atoms with Crippen LogP contribution in [0.5, 0.6) is 0 Å².